The minimum Gasteiger partial charge on any atom is -0.354 e. The second-order valence-corrected chi connectivity index (χ2v) is 4.43. The molecule has 1 N–H and O–H groups in total. The fraction of sp³-hybridized carbons (Fsp3) is 0.333. The van der Waals surface area contributed by atoms with Crippen LogP contribution >= 0.6 is 0 Å². The molecule has 1 aromatic heterocycles. The summed E-state index contributed by atoms with van der Waals surface area (Å²) in [6, 6.07) is 7.87. The lowest BCUT2D eigenvalue weighted by Gasteiger charge is -2.24. The van der Waals surface area contributed by atoms with Gasteiger partial charge < -0.3 is 10.2 Å². The summed E-state index contributed by atoms with van der Waals surface area (Å²) in [5.74, 6) is 0.320. The Morgan fingerprint density at radius 3 is 2.65 bits per heavy atom. The molecule has 1 aromatic carbocycles. The Hall–Kier alpha value is -2.17. The SMILES string of the molecule is CCNc1ncc(F)c(N(CC)c2ccccc2C)n1. The van der Waals surface area contributed by atoms with E-state index in [0.717, 1.165) is 11.3 Å². The van der Waals surface area contributed by atoms with Crippen molar-refractivity contribution in [1.82, 2.24) is 9.97 Å². The molecule has 0 unspecified atom stereocenters. The molecular weight excluding hydrogens is 255 g/mol. The lowest BCUT2D eigenvalue weighted by atomic mass is 10.2. The summed E-state index contributed by atoms with van der Waals surface area (Å²) in [5, 5.41) is 3.00. The summed E-state index contributed by atoms with van der Waals surface area (Å²) >= 11 is 0. The Labute approximate surface area is 118 Å². The highest BCUT2D eigenvalue weighted by molar-refractivity contribution is 5.64. The zero-order chi connectivity index (χ0) is 14.5. The fourth-order valence-corrected chi connectivity index (χ4v) is 2.09. The monoisotopic (exact) mass is 274 g/mol. The number of aromatic nitrogens is 2. The molecule has 0 saturated carbocycles. The highest BCUT2D eigenvalue weighted by Gasteiger charge is 2.16. The number of benzene rings is 1. The molecule has 1 heterocycles. The van der Waals surface area contributed by atoms with Crippen molar-refractivity contribution in [2.24, 2.45) is 0 Å². The van der Waals surface area contributed by atoms with Crippen LogP contribution in [0.2, 0.25) is 0 Å². The molecule has 0 spiro atoms. The van der Waals surface area contributed by atoms with Gasteiger partial charge in [0.25, 0.3) is 0 Å². The van der Waals surface area contributed by atoms with Gasteiger partial charge in [-0.1, -0.05) is 18.2 Å². The van der Waals surface area contributed by atoms with E-state index in [-0.39, 0.29) is 0 Å². The minimum absolute atomic E-state index is 0.299. The van der Waals surface area contributed by atoms with Crippen LogP contribution in [0.25, 0.3) is 0 Å². The van der Waals surface area contributed by atoms with Crippen LogP contribution in [-0.4, -0.2) is 23.1 Å². The largest absolute Gasteiger partial charge is 0.354 e. The first-order chi connectivity index (χ1) is 9.67. The maximum Gasteiger partial charge on any atom is 0.224 e. The van der Waals surface area contributed by atoms with Gasteiger partial charge in [-0.15, -0.1) is 0 Å². The summed E-state index contributed by atoms with van der Waals surface area (Å²) in [4.78, 5) is 10.1. The van der Waals surface area contributed by atoms with Crippen LogP contribution < -0.4 is 10.2 Å². The number of para-hydroxylation sites is 1. The van der Waals surface area contributed by atoms with Crippen molar-refractivity contribution in [3.05, 3.63) is 41.8 Å². The molecule has 5 heteroatoms. The van der Waals surface area contributed by atoms with Crippen molar-refractivity contribution in [3.63, 3.8) is 0 Å². The molecular formula is C15H19FN4. The highest BCUT2D eigenvalue weighted by Crippen LogP contribution is 2.28. The maximum absolute atomic E-state index is 14.1. The average Bonchev–Trinajstić information content (AvgIpc) is 2.45. The molecule has 0 atom stereocenters. The summed E-state index contributed by atoms with van der Waals surface area (Å²) in [6.45, 7) is 7.25. The van der Waals surface area contributed by atoms with Gasteiger partial charge in [0.1, 0.15) is 0 Å². The van der Waals surface area contributed by atoms with Crippen LogP contribution in [0.5, 0.6) is 0 Å². The first kappa shape index (κ1) is 14.2. The standard InChI is InChI=1S/C15H19FN4/c1-4-17-15-18-10-12(16)14(19-15)20(5-2)13-9-7-6-8-11(13)3/h6-10H,4-5H2,1-3H3,(H,17,18,19). The third kappa shape index (κ3) is 2.87. The molecule has 4 nitrogen and oxygen atoms in total. The Balaban J connectivity index is 2.46. The third-order valence-electron chi connectivity index (χ3n) is 3.04. The molecule has 106 valence electrons. The average molecular weight is 274 g/mol. The number of rotatable bonds is 5. The van der Waals surface area contributed by atoms with E-state index in [1.807, 2.05) is 49.9 Å². The van der Waals surface area contributed by atoms with Crippen LogP contribution in [-0.2, 0) is 0 Å². The van der Waals surface area contributed by atoms with Gasteiger partial charge in [0.05, 0.1) is 6.20 Å². The van der Waals surface area contributed by atoms with Crippen LogP contribution in [0.1, 0.15) is 19.4 Å². The number of halogens is 1. The Bertz CT molecular complexity index is 586. The van der Waals surface area contributed by atoms with Crippen LogP contribution in [0.4, 0.5) is 21.8 Å². The zero-order valence-corrected chi connectivity index (χ0v) is 12.0. The topological polar surface area (TPSA) is 41.1 Å². The van der Waals surface area contributed by atoms with E-state index in [4.69, 9.17) is 0 Å². The predicted octanol–water partition coefficient (Wildman–Crippen LogP) is 3.51. The molecule has 20 heavy (non-hydrogen) atoms. The number of hydrogen-bond donors (Lipinski definition) is 1. The highest BCUT2D eigenvalue weighted by atomic mass is 19.1. The summed E-state index contributed by atoms with van der Waals surface area (Å²) < 4.78 is 14.1. The number of nitrogens with one attached hydrogen (secondary N) is 1. The molecule has 0 aliphatic heterocycles. The van der Waals surface area contributed by atoms with Gasteiger partial charge in [-0.05, 0) is 32.4 Å². The molecule has 0 bridgehead atoms. The normalized spacial score (nSPS) is 10.4. The third-order valence-corrected chi connectivity index (χ3v) is 3.04. The second kappa shape index (κ2) is 6.32. The molecule has 0 radical (unpaired) electrons. The Morgan fingerprint density at radius 2 is 2.00 bits per heavy atom. The minimum atomic E-state index is -0.420. The van der Waals surface area contributed by atoms with E-state index < -0.39 is 5.82 Å². The summed E-state index contributed by atoms with van der Waals surface area (Å²) in [6.07, 6.45) is 1.21. The molecule has 0 saturated heterocycles. The van der Waals surface area contributed by atoms with E-state index in [9.17, 15) is 4.39 Å². The number of nitrogens with zero attached hydrogens (tertiary/aromatic N) is 3. The van der Waals surface area contributed by atoms with Crippen molar-refractivity contribution in [2.75, 3.05) is 23.3 Å². The predicted molar refractivity (Wildman–Crippen MR) is 80.0 cm³/mol. The smallest absolute Gasteiger partial charge is 0.224 e. The van der Waals surface area contributed by atoms with Gasteiger partial charge in [-0.2, -0.15) is 4.98 Å². The Morgan fingerprint density at radius 1 is 1.25 bits per heavy atom. The summed E-state index contributed by atoms with van der Waals surface area (Å²) in [5.41, 5.74) is 2.03. The molecule has 0 aliphatic rings. The number of anilines is 3. The molecule has 0 amide bonds. The maximum atomic E-state index is 14.1. The quantitative estimate of drug-likeness (QED) is 0.905. The van der Waals surface area contributed by atoms with Crippen molar-refractivity contribution in [3.8, 4) is 0 Å². The fourth-order valence-electron chi connectivity index (χ4n) is 2.09. The second-order valence-electron chi connectivity index (χ2n) is 4.43. The van der Waals surface area contributed by atoms with Gasteiger partial charge in [-0.25, -0.2) is 9.37 Å². The first-order valence-electron chi connectivity index (χ1n) is 6.77. The number of aryl methyl sites for hydroxylation is 1. The van der Waals surface area contributed by atoms with E-state index in [1.165, 1.54) is 6.20 Å². The van der Waals surface area contributed by atoms with E-state index >= 15 is 0 Å². The van der Waals surface area contributed by atoms with Gasteiger partial charge in [0, 0.05) is 18.8 Å². The van der Waals surface area contributed by atoms with E-state index in [0.29, 0.717) is 24.9 Å². The molecule has 2 rings (SSSR count). The van der Waals surface area contributed by atoms with Crippen LogP contribution in [0.15, 0.2) is 30.5 Å². The summed E-state index contributed by atoms with van der Waals surface area (Å²) in [7, 11) is 0. The molecule has 0 aliphatic carbocycles. The zero-order valence-electron chi connectivity index (χ0n) is 12.0. The van der Waals surface area contributed by atoms with E-state index in [1.54, 1.807) is 0 Å². The lowest BCUT2D eigenvalue weighted by Crippen LogP contribution is -2.20. The van der Waals surface area contributed by atoms with Crippen molar-refractivity contribution in [1.29, 1.82) is 0 Å². The van der Waals surface area contributed by atoms with Gasteiger partial charge in [-0.3, -0.25) is 0 Å². The van der Waals surface area contributed by atoms with Gasteiger partial charge >= 0.3 is 0 Å². The lowest BCUT2D eigenvalue weighted by molar-refractivity contribution is 0.611. The van der Waals surface area contributed by atoms with Crippen molar-refractivity contribution < 1.29 is 4.39 Å². The van der Waals surface area contributed by atoms with Gasteiger partial charge in [0.2, 0.25) is 5.95 Å². The van der Waals surface area contributed by atoms with Crippen molar-refractivity contribution in [2.45, 2.75) is 20.8 Å². The van der Waals surface area contributed by atoms with Gasteiger partial charge in [0.15, 0.2) is 11.6 Å². The van der Waals surface area contributed by atoms with Crippen LogP contribution in [0, 0.1) is 12.7 Å². The van der Waals surface area contributed by atoms with Crippen LogP contribution in [0.3, 0.4) is 0 Å². The Kier molecular flexibility index (Phi) is 4.50. The van der Waals surface area contributed by atoms with E-state index in [2.05, 4.69) is 15.3 Å². The molecule has 2 aromatic rings. The van der Waals surface area contributed by atoms with Crippen molar-refractivity contribution >= 4 is 17.5 Å². The first-order valence-corrected chi connectivity index (χ1v) is 6.77. The number of hydrogen-bond acceptors (Lipinski definition) is 4. The molecule has 0 fully saturated rings.